The normalized spacial score (nSPS) is 23.1. The van der Waals surface area contributed by atoms with E-state index < -0.39 is 0 Å². The Labute approximate surface area is 103 Å². The molecule has 0 radical (unpaired) electrons. The molecule has 0 bridgehead atoms. The topological polar surface area (TPSA) is 30.5 Å². The Morgan fingerprint density at radius 3 is 2.76 bits per heavy atom. The van der Waals surface area contributed by atoms with Gasteiger partial charge in [0.2, 0.25) is 0 Å². The summed E-state index contributed by atoms with van der Waals surface area (Å²) in [5.74, 6) is 2.40. The van der Waals surface area contributed by atoms with Crippen LogP contribution in [0.3, 0.4) is 0 Å². The van der Waals surface area contributed by atoms with Crippen LogP contribution in [0, 0.1) is 5.92 Å². The molecule has 2 rings (SSSR count). The first kappa shape index (κ1) is 12.2. The zero-order chi connectivity index (χ0) is 12.4. The highest BCUT2D eigenvalue weighted by atomic mass is 16.5. The first-order valence-electron chi connectivity index (χ1n) is 6.17. The number of rotatable bonds is 3. The van der Waals surface area contributed by atoms with Gasteiger partial charge < -0.3 is 14.8 Å². The van der Waals surface area contributed by atoms with Crippen LogP contribution >= 0.6 is 0 Å². The molecule has 0 fully saturated rings. The molecule has 0 aliphatic carbocycles. The smallest absolute Gasteiger partial charge is 0.124 e. The van der Waals surface area contributed by atoms with Crippen molar-refractivity contribution < 1.29 is 9.47 Å². The van der Waals surface area contributed by atoms with Gasteiger partial charge in [-0.2, -0.15) is 0 Å². The molecule has 94 valence electrons. The number of nitrogens with one attached hydrogen (secondary N) is 1. The second-order valence-electron chi connectivity index (χ2n) is 4.88. The van der Waals surface area contributed by atoms with E-state index in [1.807, 2.05) is 19.2 Å². The second kappa shape index (κ2) is 4.96. The van der Waals surface area contributed by atoms with Gasteiger partial charge in [0.25, 0.3) is 0 Å². The predicted octanol–water partition coefficient (Wildman–Crippen LogP) is 2.76. The van der Waals surface area contributed by atoms with Crippen LogP contribution in [-0.2, 0) is 0 Å². The summed E-state index contributed by atoms with van der Waals surface area (Å²) < 4.78 is 11.3. The van der Waals surface area contributed by atoms with E-state index in [0.29, 0.717) is 12.0 Å². The van der Waals surface area contributed by atoms with Gasteiger partial charge in [-0.1, -0.05) is 13.8 Å². The summed E-state index contributed by atoms with van der Waals surface area (Å²) in [6.45, 7) is 4.40. The van der Waals surface area contributed by atoms with Crippen molar-refractivity contribution in [3.8, 4) is 11.5 Å². The summed E-state index contributed by atoms with van der Waals surface area (Å²) >= 11 is 0. The number of hydrogen-bond donors (Lipinski definition) is 1. The molecule has 0 aromatic heterocycles. The van der Waals surface area contributed by atoms with Crippen LogP contribution in [0.1, 0.15) is 31.9 Å². The third-order valence-electron chi connectivity index (χ3n) is 3.43. The molecule has 0 saturated heterocycles. The Morgan fingerprint density at radius 2 is 2.18 bits per heavy atom. The van der Waals surface area contributed by atoms with Gasteiger partial charge in [-0.15, -0.1) is 0 Å². The van der Waals surface area contributed by atoms with Gasteiger partial charge in [-0.05, 0) is 31.2 Å². The third kappa shape index (κ3) is 2.39. The minimum Gasteiger partial charge on any atom is -0.497 e. The van der Waals surface area contributed by atoms with Crippen molar-refractivity contribution in [1.82, 2.24) is 5.32 Å². The lowest BCUT2D eigenvalue weighted by molar-refractivity contribution is 0.109. The van der Waals surface area contributed by atoms with Crippen LogP contribution in [0.25, 0.3) is 0 Å². The summed E-state index contributed by atoms with van der Waals surface area (Å²) in [5, 5.41) is 3.36. The zero-order valence-electron chi connectivity index (χ0n) is 11.0. The van der Waals surface area contributed by atoms with E-state index in [-0.39, 0.29) is 6.10 Å². The van der Waals surface area contributed by atoms with E-state index in [9.17, 15) is 0 Å². The Balaban J connectivity index is 2.33. The van der Waals surface area contributed by atoms with E-state index in [2.05, 4.69) is 25.2 Å². The van der Waals surface area contributed by atoms with Crippen molar-refractivity contribution in [1.29, 1.82) is 0 Å². The lowest BCUT2D eigenvalue weighted by Gasteiger charge is -2.34. The molecule has 0 spiro atoms. The fourth-order valence-corrected chi connectivity index (χ4v) is 2.29. The van der Waals surface area contributed by atoms with Crippen molar-refractivity contribution in [3.05, 3.63) is 23.8 Å². The molecule has 1 aromatic rings. The minimum atomic E-state index is 0.286. The average molecular weight is 235 g/mol. The number of methoxy groups -OCH3 is 1. The molecular weight excluding hydrogens is 214 g/mol. The molecule has 1 N–H and O–H groups in total. The van der Waals surface area contributed by atoms with Gasteiger partial charge in [0.1, 0.15) is 17.6 Å². The molecule has 2 atom stereocenters. The summed E-state index contributed by atoms with van der Waals surface area (Å²) in [7, 11) is 3.69. The molecule has 2 unspecified atom stereocenters. The largest absolute Gasteiger partial charge is 0.497 e. The molecular formula is C14H21NO2. The van der Waals surface area contributed by atoms with Crippen LogP contribution in [0.5, 0.6) is 11.5 Å². The molecule has 3 nitrogen and oxygen atoms in total. The standard InChI is InChI=1S/C14H21NO2/c1-9(2)14-8-12(15-3)11-7-10(16-4)5-6-13(11)17-14/h5-7,9,12,14-15H,8H2,1-4H3. The lowest BCUT2D eigenvalue weighted by Crippen LogP contribution is -2.34. The SMILES string of the molecule is CNC1CC(C(C)C)Oc2ccc(OC)cc21. The number of fused-ring (bicyclic) bond motifs is 1. The Kier molecular flexibility index (Phi) is 3.57. The fraction of sp³-hybridized carbons (Fsp3) is 0.571. The highest BCUT2D eigenvalue weighted by molar-refractivity contribution is 5.43. The Morgan fingerprint density at radius 1 is 1.41 bits per heavy atom. The van der Waals surface area contributed by atoms with Gasteiger partial charge in [-0.25, -0.2) is 0 Å². The van der Waals surface area contributed by atoms with E-state index >= 15 is 0 Å². The summed E-state index contributed by atoms with van der Waals surface area (Å²) in [6, 6.07) is 6.37. The average Bonchev–Trinajstić information content (AvgIpc) is 2.36. The van der Waals surface area contributed by atoms with Crippen LogP contribution in [0.4, 0.5) is 0 Å². The van der Waals surface area contributed by atoms with Gasteiger partial charge >= 0.3 is 0 Å². The van der Waals surface area contributed by atoms with E-state index in [1.165, 1.54) is 5.56 Å². The van der Waals surface area contributed by atoms with E-state index in [4.69, 9.17) is 9.47 Å². The van der Waals surface area contributed by atoms with Gasteiger partial charge in [0.05, 0.1) is 7.11 Å². The van der Waals surface area contributed by atoms with Gasteiger partial charge in [-0.3, -0.25) is 0 Å². The molecule has 1 aliphatic heterocycles. The highest BCUT2D eigenvalue weighted by Crippen LogP contribution is 2.38. The van der Waals surface area contributed by atoms with Crippen LogP contribution in [0.2, 0.25) is 0 Å². The molecule has 0 saturated carbocycles. The Bertz CT molecular complexity index is 390. The molecule has 1 aliphatic rings. The molecule has 17 heavy (non-hydrogen) atoms. The van der Waals surface area contributed by atoms with Crippen molar-refractivity contribution in [3.63, 3.8) is 0 Å². The third-order valence-corrected chi connectivity index (χ3v) is 3.43. The van der Waals surface area contributed by atoms with Crippen molar-refractivity contribution in [2.75, 3.05) is 14.2 Å². The summed E-state index contributed by atoms with van der Waals surface area (Å²) in [5.41, 5.74) is 1.20. The lowest BCUT2D eigenvalue weighted by atomic mass is 9.91. The predicted molar refractivity (Wildman–Crippen MR) is 68.7 cm³/mol. The van der Waals surface area contributed by atoms with Crippen molar-refractivity contribution in [2.24, 2.45) is 5.92 Å². The first-order valence-corrected chi connectivity index (χ1v) is 6.17. The van der Waals surface area contributed by atoms with Crippen LogP contribution in [-0.4, -0.2) is 20.3 Å². The number of benzene rings is 1. The van der Waals surface area contributed by atoms with Crippen molar-refractivity contribution in [2.45, 2.75) is 32.4 Å². The zero-order valence-corrected chi connectivity index (χ0v) is 11.0. The number of ether oxygens (including phenoxy) is 2. The second-order valence-corrected chi connectivity index (χ2v) is 4.88. The van der Waals surface area contributed by atoms with Crippen LogP contribution in [0.15, 0.2) is 18.2 Å². The molecule has 1 heterocycles. The molecule has 1 aromatic carbocycles. The minimum absolute atomic E-state index is 0.286. The maximum atomic E-state index is 6.03. The van der Waals surface area contributed by atoms with Crippen LogP contribution < -0.4 is 14.8 Å². The molecule has 3 heteroatoms. The maximum absolute atomic E-state index is 6.03. The van der Waals surface area contributed by atoms with E-state index in [1.54, 1.807) is 7.11 Å². The van der Waals surface area contributed by atoms with Gasteiger partial charge in [0, 0.05) is 18.0 Å². The fourth-order valence-electron chi connectivity index (χ4n) is 2.29. The van der Waals surface area contributed by atoms with Crippen molar-refractivity contribution >= 4 is 0 Å². The maximum Gasteiger partial charge on any atom is 0.124 e. The van der Waals surface area contributed by atoms with E-state index in [0.717, 1.165) is 17.9 Å². The van der Waals surface area contributed by atoms with Gasteiger partial charge in [0.15, 0.2) is 0 Å². The highest BCUT2D eigenvalue weighted by Gasteiger charge is 2.29. The summed E-state index contributed by atoms with van der Waals surface area (Å²) in [6.07, 6.45) is 1.29. The summed E-state index contributed by atoms with van der Waals surface area (Å²) in [4.78, 5) is 0. The first-order chi connectivity index (χ1) is 8.15. The molecule has 0 amide bonds. The monoisotopic (exact) mass is 235 g/mol. The number of hydrogen-bond acceptors (Lipinski definition) is 3. The Hall–Kier alpha value is -1.22. The quantitative estimate of drug-likeness (QED) is 0.874.